The van der Waals surface area contributed by atoms with E-state index in [2.05, 4.69) is 5.32 Å². The lowest BCUT2D eigenvalue weighted by Crippen LogP contribution is -2.56. The van der Waals surface area contributed by atoms with Crippen molar-refractivity contribution in [3.63, 3.8) is 0 Å². The van der Waals surface area contributed by atoms with Gasteiger partial charge in [-0.25, -0.2) is 14.0 Å². The Morgan fingerprint density at radius 1 is 1.32 bits per heavy atom. The van der Waals surface area contributed by atoms with Crippen LogP contribution in [0.25, 0.3) is 0 Å². The molecule has 1 aliphatic heterocycles. The molecular weight excluding hydrogens is 291 g/mol. The lowest BCUT2D eigenvalue weighted by molar-refractivity contribution is -0.0339. The van der Waals surface area contributed by atoms with Crippen molar-refractivity contribution < 1.29 is 23.5 Å². The zero-order valence-corrected chi connectivity index (χ0v) is 12.8. The monoisotopic (exact) mass is 310 g/mol. The van der Waals surface area contributed by atoms with Gasteiger partial charge in [0, 0.05) is 5.69 Å². The largest absolute Gasteiger partial charge is 0.444 e. The first-order chi connectivity index (χ1) is 10.2. The molecule has 0 atom stereocenters. The number of hydrogen-bond donors (Lipinski definition) is 1. The summed E-state index contributed by atoms with van der Waals surface area (Å²) in [7, 11) is 0. The van der Waals surface area contributed by atoms with Crippen LogP contribution in [0, 0.1) is 5.82 Å². The quantitative estimate of drug-likeness (QED) is 0.912. The lowest BCUT2D eigenvalue weighted by Gasteiger charge is -2.38. The van der Waals surface area contributed by atoms with E-state index in [1.807, 2.05) is 0 Å². The Hall–Kier alpha value is -2.31. The highest BCUT2D eigenvalue weighted by molar-refractivity contribution is 5.84. The molecule has 1 aromatic rings. The first kappa shape index (κ1) is 16.1. The van der Waals surface area contributed by atoms with Gasteiger partial charge in [-0.05, 0) is 39.0 Å². The SMILES string of the molecule is CC(C)(C)OC(=O)N1CC(OC(=O)Nc2cccc(F)c2)C1. The maximum atomic E-state index is 13.0. The van der Waals surface area contributed by atoms with Crippen LogP contribution >= 0.6 is 0 Å². The second kappa shape index (κ2) is 6.21. The minimum Gasteiger partial charge on any atom is -0.444 e. The van der Waals surface area contributed by atoms with Gasteiger partial charge in [0.2, 0.25) is 0 Å². The van der Waals surface area contributed by atoms with E-state index in [-0.39, 0.29) is 19.2 Å². The number of anilines is 1. The minimum absolute atomic E-state index is 0.283. The number of ether oxygens (including phenoxy) is 2. The maximum Gasteiger partial charge on any atom is 0.412 e. The van der Waals surface area contributed by atoms with Gasteiger partial charge in [0.05, 0.1) is 13.1 Å². The van der Waals surface area contributed by atoms with Crippen molar-refractivity contribution in [3.8, 4) is 0 Å². The highest BCUT2D eigenvalue weighted by atomic mass is 19.1. The van der Waals surface area contributed by atoms with Gasteiger partial charge in [-0.3, -0.25) is 5.32 Å². The second-order valence-electron chi connectivity index (χ2n) is 6.05. The summed E-state index contributed by atoms with van der Waals surface area (Å²) in [5.74, 6) is -0.447. The zero-order chi connectivity index (χ0) is 16.3. The average Bonchev–Trinajstić information content (AvgIpc) is 2.30. The molecule has 0 saturated carbocycles. The fourth-order valence-corrected chi connectivity index (χ4v) is 1.85. The number of carbonyl (C=O) groups is 2. The molecule has 2 rings (SSSR count). The fraction of sp³-hybridized carbons (Fsp3) is 0.467. The first-order valence-electron chi connectivity index (χ1n) is 6.94. The molecule has 0 aliphatic carbocycles. The number of benzene rings is 1. The van der Waals surface area contributed by atoms with Gasteiger partial charge < -0.3 is 14.4 Å². The number of nitrogens with one attached hydrogen (secondary N) is 1. The summed E-state index contributed by atoms with van der Waals surface area (Å²) < 4.78 is 23.3. The number of likely N-dealkylation sites (tertiary alicyclic amines) is 1. The van der Waals surface area contributed by atoms with E-state index in [9.17, 15) is 14.0 Å². The predicted octanol–water partition coefficient (Wildman–Crippen LogP) is 2.99. The second-order valence-corrected chi connectivity index (χ2v) is 6.05. The molecule has 1 fully saturated rings. The third kappa shape index (κ3) is 4.61. The Bertz CT molecular complexity index is 565. The Balaban J connectivity index is 1.73. The molecule has 120 valence electrons. The average molecular weight is 310 g/mol. The molecule has 0 unspecified atom stereocenters. The number of halogens is 1. The molecule has 1 heterocycles. The molecule has 22 heavy (non-hydrogen) atoms. The van der Waals surface area contributed by atoms with Gasteiger partial charge in [0.15, 0.2) is 0 Å². The number of amides is 2. The van der Waals surface area contributed by atoms with E-state index in [1.54, 1.807) is 26.8 Å². The summed E-state index contributed by atoms with van der Waals surface area (Å²) in [4.78, 5) is 24.8. The van der Waals surface area contributed by atoms with Crippen LogP contribution in [0.3, 0.4) is 0 Å². The van der Waals surface area contributed by atoms with Crippen LogP contribution in [-0.2, 0) is 9.47 Å². The smallest absolute Gasteiger partial charge is 0.412 e. The Morgan fingerprint density at radius 2 is 2.00 bits per heavy atom. The lowest BCUT2D eigenvalue weighted by atomic mass is 10.2. The van der Waals surface area contributed by atoms with Gasteiger partial charge in [-0.15, -0.1) is 0 Å². The minimum atomic E-state index is -0.681. The third-order valence-corrected chi connectivity index (χ3v) is 2.84. The molecule has 0 aromatic heterocycles. The molecule has 2 amide bonds. The number of hydrogen-bond acceptors (Lipinski definition) is 4. The van der Waals surface area contributed by atoms with Crippen molar-refractivity contribution in [1.82, 2.24) is 4.90 Å². The molecule has 6 nitrogen and oxygen atoms in total. The summed E-state index contributed by atoms with van der Waals surface area (Å²) in [5, 5.41) is 2.43. The zero-order valence-electron chi connectivity index (χ0n) is 12.8. The van der Waals surface area contributed by atoms with Gasteiger partial charge in [0.25, 0.3) is 0 Å². The van der Waals surface area contributed by atoms with Crippen molar-refractivity contribution in [2.45, 2.75) is 32.5 Å². The fourth-order valence-electron chi connectivity index (χ4n) is 1.85. The van der Waals surface area contributed by atoms with Crippen LogP contribution in [0.4, 0.5) is 19.7 Å². The molecule has 0 radical (unpaired) electrons. The Morgan fingerprint density at radius 3 is 2.59 bits per heavy atom. The van der Waals surface area contributed by atoms with E-state index in [0.29, 0.717) is 5.69 Å². The summed E-state index contributed by atoms with van der Waals surface area (Å²) in [6, 6.07) is 5.51. The van der Waals surface area contributed by atoms with E-state index in [0.717, 1.165) is 0 Å². The Labute approximate surface area is 128 Å². The highest BCUT2D eigenvalue weighted by Crippen LogP contribution is 2.18. The molecule has 1 aliphatic rings. The third-order valence-electron chi connectivity index (χ3n) is 2.84. The predicted molar refractivity (Wildman–Crippen MR) is 78.1 cm³/mol. The summed E-state index contributed by atoms with van der Waals surface area (Å²) in [6.07, 6.45) is -1.50. The van der Waals surface area contributed by atoms with Crippen LogP contribution in [0.2, 0.25) is 0 Å². The van der Waals surface area contributed by atoms with Gasteiger partial charge in [0.1, 0.15) is 17.5 Å². The molecule has 1 aromatic carbocycles. The number of carbonyl (C=O) groups excluding carboxylic acids is 2. The summed E-state index contributed by atoms with van der Waals surface area (Å²) >= 11 is 0. The van der Waals surface area contributed by atoms with Crippen LogP contribution in [0.5, 0.6) is 0 Å². The normalized spacial score (nSPS) is 15.0. The van der Waals surface area contributed by atoms with Gasteiger partial charge in [-0.1, -0.05) is 6.07 Å². The van der Waals surface area contributed by atoms with Crippen molar-refractivity contribution in [2.24, 2.45) is 0 Å². The van der Waals surface area contributed by atoms with Crippen molar-refractivity contribution in [3.05, 3.63) is 30.1 Å². The Kier molecular flexibility index (Phi) is 4.54. The van der Waals surface area contributed by atoms with E-state index >= 15 is 0 Å². The van der Waals surface area contributed by atoms with Crippen LogP contribution in [0.15, 0.2) is 24.3 Å². The number of rotatable bonds is 2. The summed E-state index contributed by atoms with van der Waals surface area (Å²) in [5.41, 5.74) is -0.244. The summed E-state index contributed by atoms with van der Waals surface area (Å²) in [6.45, 7) is 5.91. The topological polar surface area (TPSA) is 67.9 Å². The van der Waals surface area contributed by atoms with E-state index in [1.165, 1.54) is 23.1 Å². The molecule has 1 saturated heterocycles. The highest BCUT2D eigenvalue weighted by Gasteiger charge is 2.36. The molecule has 1 N–H and O–H groups in total. The van der Waals surface area contributed by atoms with Crippen LogP contribution in [0.1, 0.15) is 20.8 Å². The maximum absolute atomic E-state index is 13.0. The molecule has 0 spiro atoms. The number of nitrogens with zero attached hydrogens (tertiary/aromatic N) is 1. The van der Waals surface area contributed by atoms with E-state index in [4.69, 9.17) is 9.47 Å². The van der Waals surface area contributed by atoms with Gasteiger partial charge in [-0.2, -0.15) is 0 Å². The first-order valence-corrected chi connectivity index (χ1v) is 6.94. The molecular formula is C15H19FN2O4. The van der Waals surface area contributed by atoms with Gasteiger partial charge >= 0.3 is 12.2 Å². The molecule has 0 bridgehead atoms. The molecule has 7 heteroatoms. The van der Waals surface area contributed by atoms with Crippen molar-refractivity contribution in [1.29, 1.82) is 0 Å². The van der Waals surface area contributed by atoms with Crippen LogP contribution in [-0.4, -0.2) is 41.9 Å². The van der Waals surface area contributed by atoms with Crippen molar-refractivity contribution >= 4 is 17.9 Å². The van der Waals surface area contributed by atoms with Crippen LogP contribution < -0.4 is 5.32 Å². The van der Waals surface area contributed by atoms with Crippen molar-refractivity contribution in [2.75, 3.05) is 18.4 Å². The van der Waals surface area contributed by atoms with E-state index < -0.39 is 23.6 Å². The standard InChI is InChI=1S/C15H19FN2O4/c1-15(2,3)22-14(20)18-8-12(9-18)21-13(19)17-11-6-4-5-10(16)7-11/h4-7,12H,8-9H2,1-3H3,(H,17,19).